The van der Waals surface area contributed by atoms with Crippen molar-refractivity contribution in [2.24, 2.45) is 0 Å². The first-order valence-electron chi connectivity index (χ1n) is 21.6. The van der Waals surface area contributed by atoms with Gasteiger partial charge in [0.1, 0.15) is 11.5 Å². The molecule has 2 aromatic heterocycles. The van der Waals surface area contributed by atoms with E-state index < -0.39 is 5.41 Å². The minimum Gasteiger partial charge on any atom is -0.456 e. The Kier molecular flexibility index (Phi) is 8.06. The topological polar surface area (TPSA) is 60.8 Å². The highest BCUT2D eigenvalue weighted by Gasteiger charge is 2.53. The number of rotatable bonds is 5. The lowest BCUT2D eigenvalue weighted by atomic mass is 9.65. The van der Waals surface area contributed by atoms with Crippen molar-refractivity contribution >= 4 is 21.5 Å². The Morgan fingerprint density at radius 1 is 0.328 bits per heavy atom. The molecule has 0 saturated carbocycles. The first-order valence-corrected chi connectivity index (χ1v) is 21.6. The summed E-state index contributed by atoms with van der Waals surface area (Å²) in [5.74, 6) is 3.60. The normalized spacial score (nSPS) is 14.4. The Labute approximate surface area is 370 Å². The molecule has 0 radical (unpaired) electrons. The van der Waals surface area contributed by atoms with Crippen LogP contribution in [0.15, 0.2) is 218 Å². The highest BCUT2D eigenvalue weighted by molar-refractivity contribution is 6.05. The molecular formula is C59H36N4O. The van der Waals surface area contributed by atoms with Crippen LogP contribution in [0.1, 0.15) is 22.3 Å². The maximum atomic E-state index is 7.13. The van der Waals surface area contributed by atoms with Crippen LogP contribution in [0.4, 0.5) is 0 Å². The van der Waals surface area contributed by atoms with Gasteiger partial charge in [-0.3, -0.25) is 0 Å². The van der Waals surface area contributed by atoms with Gasteiger partial charge in [-0.25, -0.2) is 19.9 Å². The van der Waals surface area contributed by atoms with E-state index >= 15 is 0 Å². The Hall–Kier alpha value is -8.54. The molecule has 1 atom stereocenters. The molecule has 0 amide bonds. The minimum atomic E-state index is -0.693. The molecule has 1 unspecified atom stereocenters. The number of para-hydroxylation sites is 2. The molecule has 5 heteroatoms. The van der Waals surface area contributed by atoms with Gasteiger partial charge in [0.15, 0.2) is 17.5 Å². The number of hydrogen-bond donors (Lipinski definition) is 0. The fraction of sp³-hybridized carbons (Fsp3) is 0.0169. The Morgan fingerprint density at radius 2 is 0.844 bits per heavy atom. The molecular weight excluding hydrogens is 781 g/mol. The zero-order valence-electron chi connectivity index (χ0n) is 34.5. The highest BCUT2D eigenvalue weighted by atomic mass is 16.5. The third-order valence-corrected chi connectivity index (χ3v) is 13.0. The molecule has 0 N–H and O–H groups in total. The van der Waals surface area contributed by atoms with E-state index in [1.165, 1.54) is 16.5 Å². The van der Waals surface area contributed by atoms with Gasteiger partial charge in [0.05, 0.1) is 16.8 Å². The zero-order valence-corrected chi connectivity index (χ0v) is 34.5. The summed E-state index contributed by atoms with van der Waals surface area (Å²) in [4.78, 5) is 20.5. The number of ether oxygens (including phenoxy) is 1. The SMILES string of the molecule is c1ccc(-c2nc(-c3ccccc3)nc(-c3ccc4cc(-c5cccc6c5Oc5ccccc5C65c6ccccc6-c6nc(-c7ccccc7)c7ccccc7c65)ccc4c3)n2)cc1. The second-order valence-electron chi connectivity index (χ2n) is 16.5. The summed E-state index contributed by atoms with van der Waals surface area (Å²) in [5.41, 5.74) is 13.0. The summed E-state index contributed by atoms with van der Waals surface area (Å²) in [6.07, 6.45) is 0. The third-order valence-electron chi connectivity index (χ3n) is 13.0. The van der Waals surface area contributed by atoms with Gasteiger partial charge in [-0.1, -0.05) is 200 Å². The lowest BCUT2D eigenvalue weighted by molar-refractivity contribution is 0.438. The van der Waals surface area contributed by atoms with E-state index in [0.29, 0.717) is 17.5 Å². The molecule has 13 rings (SSSR count). The molecule has 1 aliphatic carbocycles. The Morgan fingerprint density at radius 3 is 1.55 bits per heavy atom. The fourth-order valence-corrected chi connectivity index (χ4v) is 10.1. The number of benzene rings is 9. The molecule has 1 spiro atoms. The van der Waals surface area contributed by atoms with E-state index in [1.807, 2.05) is 60.7 Å². The zero-order chi connectivity index (χ0) is 42.2. The molecule has 0 bridgehead atoms. The molecule has 2 aliphatic rings. The van der Waals surface area contributed by atoms with Crippen LogP contribution in [0.5, 0.6) is 11.5 Å². The number of pyridine rings is 1. The van der Waals surface area contributed by atoms with Crippen LogP contribution in [0.3, 0.4) is 0 Å². The van der Waals surface area contributed by atoms with Gasteiger partial charge in [-0.2, -0.15) is 0 Å². The van der Waals surface area contributed by atoms with Gasteiger partial charge in [0, 0.05) is 55.5 Å². The molecule has 3 heterocycles. The molecule has 298 valence electrons. The van der Waals surface area contributed by atoms with Crippen molar-refractivity contribution in [3.8, 4) is 79.3 Å². The average molecular weight is 817 g/mol. The summed E-state index contributed by atoms with van der Waals surface area (Å²) in [6.45, 7) is 0. The van der Waals surface area contributed by atoms with Gasteiger partial charge < -0.3 is 4.74 Å². The molecule has 11 aromatic rings. The van der Waals surface area contributed by atoms with Crippen LogP contribution in [0.2, 0.25) is 0 Å². The van der Waals surface area contributed by atoms with Crippen LogP contribution in [-0.2, 0) is 5.41 Å². The second kappa shape index (κ2) is 14.3. The van der Waals surface area contributed by atoms with E-state index in [4.69, 9.17) is 24.7 Å². The standard InChI is InChI=1S/C59H36N4O/c1-4-17-37(18-5-1)53-46-24-11-10-23-45(46)52-54(60-53)47-25-12-13-27-48(47)59(52)49-28-14-15-30-51(49)64-55-44(26-16-29-50(55)59)42-33-31-41-36-43(34-32-40(41)35-42)58-62-56(38-19-6-2-7-20-38)61-57(63-58)39-21-8-3-9-22-39/h1-36H. The summed E-state index contributed by atoms with van der Waals surface area (Å²) < 4.78 is 7.13. The maximum absolute atomic E-state index is 7.13. The smallest absolute Gasteiger partial charge is 0.164 e. The van der Waals surface area contributed by atoms with E-state index in [0.717, 1.165) is 89.1 Å². The van der Waals surface area contributed by atoms with Crippen LogP contribution < -0.4 is 4.74 Å². The quantitative estimate of drug-likeness (QED) is 0.173. The average Bonchev–Trinajstić information content (AvgIpc) is 3.67. The lowest BCUT2D eigenvalue weighted by Gasteiger charge is -2.40. The first kappa shape index (κ1) is 36.1. The molecule has 9 aromatic carbocycles. The van der Waals surface area contributed by atoms with Crippen molar-refractivity contribution in [2.45, 2.75) is 5.41 Å². The largest absolute Gasteiger partial charge is 0.456 e. The minimum absolute atomic E-state index is 0.628. The highest BCUT2D eigenvalue weighted by Crippen LogP contribution is 2.64. The molecule has 1 aliphatic heterocycles. The van der Waals surface area contributed by atoms with Crippen molar-refractivity contribution in [2.75, 3.05) is 0 Å². The fourth-order valence-electron chi connectivity index (χ4n) is 10.1. The van der Waals surface area contributed by atoms with Gasteiger partial charge in [0.2, 0.25) is 0 Å². The number of aromatic nitrogens is 4. The van der Waals surface area contributed by atoms with E-state index in [1.54, 1.807) is 0 Å². The van der Waals surface area contributed by atoms with Gasteiger partial charge in [-0.05, 0) is 45.5 Å². The van der Waals surface area contributed by atoms with E-state index in [2.05, 4.69) is 158 Å². The van der Waals surface area contributed by atoms with Crippen molar-refractivity contribution in [3.05, 3.63) is 241 Å². The van der Waals surface area contributed by atoms with Crippen molar-refractivity contribution in [1.82, 2.24) is 19.9 Å². The summed E-state index contributed by atoms with van der Waals surface area (Å²) in [7, 11) is 0. The third kappa shape index (κ3) is 5.44. The van der Waals surface area contributed by atoms with E-state index in [-0.39, 0.29) is 0 Å². The first-order chi connectivity index (χ1) is 31.7. The summed E-state index contributed by atoms with van der Waals surface area (Å²) in [6, 6.07) is 76.6. The monoisotopic (exact) mass is 816 g/mol. The Bertz CT molecular complexity index is 3590. The van der Waals surface area contributed by atoms with E-state index in [9.17, 15) is 0 Å². The van der Waals surface area contributed by atoms with Crippen LogP contribution in [0.25, 0.3) is 89.4 Å². The number of fused-ring (bicyclic) bond motifs is 12. The number of nitrogens with zero attached hydrogens (tertiary/aromatic N) is 4. The molecule has 0 saturated heterocycles. The van der Waals surface area contributed by atoms with Crippen LogP contribution >= 0.6 is 0 Å². The summed E-state index contributed by atoms with van der Waals surface area (Å²) in [5, 5.41) is 4.50. The van der Waals surface area contributed by atoms with Gasteiger partial charge >= 0.3 is 0 Å². The molecule has 0 fully saturated rings. The molecule has 64 heavy (non-hydrogen) atoms. The van der Waals surface area contributed by atoms with Gasteiger partial charge in [0.25, 0.3) is 0 Å². The maximum Gasteiger partial charge on any atom is 0.164 e. The lowest BCUT2D eigenvalue weighted by Crippen LogP contribution is -2.32. The summed E-state index contributed by atoms with van der Waals surface area (Å²) >= 11 is 0. The van der Waals surface area contributed by atoms with Gasteiger partial charge in [-0.15, -0.1) is 0 Å². The van der Waals surface area contributed by atoms with Crippen molar-refractivity contribution in [3.63, 3.8) is 0 Å². The Balaban J connectivity index is 0.986. The van der Waals surface area contributed by atoms with Crippen molar-refractivity contribution in [1.29, 1.82) is 0 Å². The van der Waals surface area contributed by atoms with Crippen molar-refractivity contribution < 1.29 is 4.74 Å². The molecule has 5 nitrogen and oxygen atoms in total. The predicted molar refractivity (Wildman–Crippen MR) is 257 cm³/mol. The predicted octanol–water partition coefficient (Wildman–Crippen LogP) is 14.4. The second-order valence-corrected chi connectivity index (χ2v) is 16.5. The van der Waals surface area contributed by atoms with Crippen LogP contribution in [0, 0.1) is 0 Å². The number of hydrogen-bond acceptors (Lipinski definition) is 5. The van der Waals surface area contributed by atoms with Crippen LogP contribution in [-0.4, -0.2) is 19.9 Å².